The van der Waals surface area contributed by atoms with Crippen molar-refractivity contribution < 1.29 is 0 Å². The second-order valence-corrected chi connectivity index (χ2v) is 8.21. The zero-order valence-electron chi connectivity index (χ0n) is 11.8. The summed E-state index contributed by atoms with van der Waals surface area (Å²) in [6.45, 7) is 4.76. The first-order valence-electron chi connectivity index (χ1n) is 7.56. The second kappa shape index (κ2) is 4.73. The third-order valence-corrected chi connectivity index (χ3v) is 6.09. The SMILES string of the molecule is CC1(C)CCC(N=C2NC3(CCCCC3)CS2)C1. The molecule has 3 aliphatic rings. The topological polar surface area (TPSA) is 24.4 Å². The molecule has 0 aromatic rings. The van der Waals surface area contributed by atoms with Crippen LogP contribution in [-0.4, -0.2) is 22.5 Å². The summed E-state index contributed by atoms with van der Waals surface area (Å²) in [5.74, 6) is 1.25. The maximum atomic E-state index is 4.99. The molecule has 3 rings (SSSR count). The second-order valence-electron chi connectivity index (χ2n) is 7.25. The van der Waals surface area contributed by atoms with Crippen molar-refractivity contribution in [1.82, 2.24) is 5.32 Å². The number of thioether (sulfide) groups is 1. The monoisotopic (exact) mass is 266 g/mol. The molecule has 1 saturated heterocycles. The van der Waals surface area contributed by atoms with E-state index < -0.39 is 0 Å². The van der Waals surface area contributed by atoms with E-state index in [2.05, 4.69) is 19.2 Å². The number of amidine groups is 1. The van der Waals surface area contributed by atoms with Crippen molar-refractivity contribution in [2.45, 2.75) is 76.8 Å². The highest BCUT2D eigenvalue weighted by molar-refractivity contribution is 8.14. The quantitative estimate of drug-likeness (QED) is 0.777. The normalized spacial score (nSPS) is 36.1. The van der Waals surface area contributed by atoms with Crippen LogP contribution in [0.1, 0.15) is 65.2 Å². The lowest BCUT2D eigenvalue weighted by molar-refractivity contribution is 0.303. The highest BCUT2D eigenvalue weighted by Crippen LogP contribution is 2.40. The van der Waals surface area contributed by atoms with E-state index in [1.807, 2.05) is 11.8 Å². The van der Waals surface area contributed by atoms with Gasteiger partial charge in [-0.2, -0.15) is 0 Å². The van der Waals surface area contributed by atoms with E-state index in [1.54, 1.807) is 0 Å². The van der Waals surface area contributed by atoms with E-state index in [0.29, 0.717) is 17.0 Å². The molecule has 102 valence electrons. The summed E-state index contributed by atoms with van der Waals surface area (Å²) in [4.78, 5) is 4.99. The van der Waals surface area contributed by atoms with Crippen LogP contribution in [0.5, 0.6) is 0 Å². The fourth-order valence-electron chi connectivity index (χ4n) is 3.75. The smallest absolute Gasteiger partial charge is 0.157 e. The van der Waals surface area contributed by atoms with Crippen LogP contribution in [0.15, 0.2) is 4.99 Å². The lowest BCUT2D eigenvalue weighted by atomic mass is 9.83. The third kappa shape index (κ3) is 2.71. The van der Waals surface area contributed by atoms with Gasteiger partial charge in [0.15, 0.2) is 5.17 Å². The Morgan fingerprint density at radius 3 is 2.61 bits per heavy atom. The molecule has 3 heteroatoms. The van der Waals surface area contributed by atoms with Gasteiger partial charge in [-0.25, -0.2) is 0 Å². The van der Waals surface area contributed by atoms with Crippen LogP contribution in [0.25, 0.3) is 0 Å². The molecule has 0 aromatic heterocycles. The minimum atomic E-state index is 0.413. The molecule has 0 amide bonds. The first kappa shape index (κ1) is 12.8. The van der Waals surface area contributed by atoms with Crippen molar-refractivity contribution in [1.29, 1.82) is 0 Å². The lowest BCUT2D eigenvalue weighted by Gasteiger charge is -2.32. The van der Waals surface area contributed by atoms with Crippen molar-refractivity contribution in [2.75, 3.05) is 5.75 Å². The Labute approximate surface area is 115 Å². The lowest BCUT2D eigenvalue weighted by Crippen LogP contribution is -2.45. The van der Waals surface area contributed by atoms with Crippen LogP contribution >= 0.6 is 11.8 Å². The van der Waals surface area contributed by atoms with E-state index in [1.165, 1.54) is 62.3 Å². The summed E-state index contributed by atoms with van der Waals surface area (Å²) < 4.78 is 0. The average molecular weight is 266 g/mol. The third-order valence-electron chi connectivity index (χ3n) is 4.91. The molecule has 1 unspecified atom stereocenters. The molecule has 3 fully saturated rings. The van der Waals surface area contributed by atoms with E-state index in [-0.39, 0.29) is 0 Å². The van der Waals surface area contributed by atoms with Gasteiger partial charge in [0, 0.05) is 11.3 Å². The fourth-order valence-corrected chi connectivity index (χ4v) is 5.03. The van der Waals surface area contributed by atoms with Gasteiger partial charge in [0.2, 0.25) is 0 Å². The highest BCUT2D eigenvalue weighted by Gasteiger charge is 2.39. The van der Waals surface area contributed by atoms with Crippen molar-refractivity contribution in [2.24, 2.45) is 10.4 Å². The van der Waals surface area contributed by atoms with Crippen LogP contribution in [0.4, 0.5) is 0 Å². The summed E-state index contributed by atoms with van der Waals surface area (Å²) >= 11 is 1.97. The van der Waals surface area contributed by atoms with E-state index in [9.17, 15) is 0 Å². The predicted molar refractivity (Wildman–Crippen MR) is 80.3 cm³/mol. The van der Waals surface area contributed by atoms with Crippen molar-refractivity contribution in [3.8, 4) is 0 Å². The number of aliphatic imine (C=N–C) groups is 1. The number of hydrogen-bond acceptors (Lipinski definition) is 2. The summed E-state index contributed by atoms with van der Waals surface area (Å²) in [6.07, 6.45) is 10.8. The van der Waals surface area contributed by atoms with E-state index >= 15 is 0 Å². The van der Waals surface area contributed by atoms with Gasteiger partial charge in [0.25, 0.3) is 0 Å². The maximum absolute atomic E-state index is 4.99. The maximum Gasteiger partial charge on any atom is 0.157 e. The van der Waals surface area contributed by atoms with Gasteiger partial charge in [-0.3, -0.25) is 4.99 Å². The molecular weight excluding hydrogens is 240 g/mol. The molecule has 1 aliphatic heterocycles. The zero-order valence-corrected chi connectivity index (χ0v) is 12.6. The molecule has 0 bridgehead atoms. The number of nitrogens with zero attached hydrogens (tertiary/aromatic N) is 1. The molecule has 1 N–H and O–H groups in total. The Kier molecular flexibility index (Phi) is 3.38. The molecule has 1 heterocycles. The number of hydrogen-bond donors (Lipinski definition) is 1. The van der Waals surface area contributed by atoms with Crippen LogP contribution < -0.4 is 5.32 Å². The van der Waals surface area contributed by atoms with Gasteiger partial charge >= 0.3 is 0 Å². The fraction of sp³-hybridized carbons (Fsp3) is 0.933. The highest BCUT2D eigenvalue weighted by atomic mass is 32.2. The van der Waals surface area contributed by atoms with Gasteiger partial charge in [-0.05, 0) is 37.5 Å². The van der Waals surface area contributed by atoms with Gasteiger partial charge in [-0.15, -0.1) is 0 Å². The first-order chi connectivity index (χ1) is 8.57. The zero-order chi connectivity index (χ0) is 12.6. The van der Waals surface area contributed by atoms with Crippen molar-refractivity contribution >= 4 is 16.9 Å². The Hall–Kier alpha value is -0.180. The van der Waals surface area contributed by atoms with Crippen LogP contribution in [0, 0.1) is 5.41 Å². The summed E-state index contributed by atoms with van der Waals surface area (Å²) in [7, 11) is 0. The molecule has 18 heavy (non-hydrogen) atoms. The summed E-state index contributed by atoms with van der Waals surface area (Å²) in [6, 6.07) is 0.578. The van der Waals surface area contributed by atoms with Gasteiger partial charge < -0.3 is 5.32 Å². The predicted octanol–water partition coefficient (Wildman–Crippen LogP) is 3.96. The Balaban J connectivity index is 1.61. The molecule has 2 saturated carbocycles. The minimum absolute atomic E-state index is 0.413. The molecular formula is C15H26N2S. The average Bonchev–Trinajstić information content (AvgIpc) is 2.85. The van der Waals surface area contributed by atoms with Crippen LogP contribution in [0.3, 0.4) is 0 Å². The van der Waals surface area contributed by atoms with Crippen LogP contribution in [-0.2, 0) is 0 Å². The number of rotatable bonds is 1. The van der Waals surface area contributed by atoms with Gasteiger partial charge in [0.05, 0.1) is 6.04 Å². The van der Waals surface area contributed by atoms with Crippen molar-refractivity contribution in [3.05, 3.63) is 0 Å². The summed E-state index contributed by atoms with van der Waals surface area (Å²) in [5.41, 5.74) is 0.927. The Bertz CT molecular complexity index is 342. The van der Waals surface area contributed by atoms with E-state index in [4.69, 9.17) is 4.99 Å². The molecule has 1 atom stereocenters. The molecule has 2 nitrogen and oxygen atoms in total. The Morgan fingerprint density at radius 2 is 1.94 bits per heavy atom. The number of nitrogens with one attached hydrogen (secondary N) is 1. The van der Waals surface area contributed by atoms with Crippen LogP contribution in [0.2, 0.25) is 0 Å². The largest absolute Gasteiger partial charge is 0.359 e. The van der Waals surface area contributed by atoms with E-state index in [0.717, 1.165) is 0 Å². The summed E-state index contributed by atoms with van der Waals surface area (Å²) in [5, 5.41) is 5.02. The van der Waals surface area contributed by atoms with Gasteiger partial charge in [-0.1, -0.05) is 44.9 Å². The first-order valence-corrected chi connectivity index (χ1v) is 8.54. The standard InChI is InChI=1S/C15H26N2S/c1-14(2)9-6-12(10-14)16-13-17-15(11-18-13)7-4-3-5-8-15/h12H,3-11H2,1-2H3,(H,16,17). The molecule has 0 radical (unpaired) electrons. The van der Waals surface area contributed by atoms with Gasteiger partial charge in [0.1, 0.15) is 0 Å². The molecule has 2 aliphatic carbocycles. The Morgan fingerprint density at radius 1 is 1.17 bits per heavy atom. The minimum Gasteiger partial charge on any atom is -0.359 e. The molecule has 0 aromatic carbocycles. The molecule has 1 spiro atoms. The van der Waals surface area contributed by atoms with Crippen molar-refractivity contribution in [3.63, 3.8) is 0 Å².